The summed E-state index contributed by atoms with van der Waals surface area (Å²) >= 11 is 0. The lowest BCUT2D eigenvalue weighted by molar-refractivity contribution is -0.0321. The maximum atomic E-state index is 14.6. The molecule has 0 N–H and O–H groups in total. The van der Waals surface area contributed by atoms with Gasteiger partial charge in [-0.3, -0.25) is 0 Å². The Morgan fingerprint density at radius 2 is 1.72 bits per heavy atom. The summed E-state index contributed by atoms with van der Waals surface area (Å²) in [6.07, 6.45) is -0.624. The van der Waals surface area contributed by atoms with Crippen molar-refractivity contribution in [2.24, 2.45) is 0 Å². The first-order valence-corrected chi connectivity index (χ1v) is 6.12. The van der Waals surface area contributed by atoms with Gasteiger partial charge >= 0.3 is 0 Å². The molecule has 0 spiro atoms. The van der Waals surface area contributed by atoms with Crippen molar-refractivity contribution in [1.82, 2.24) is 0 Å². The Bertz CT molecular complexity index is 552. The second-order valence-electron chi connectivity index (χ2n) is 4.63. The average Bonchev–Trinajstić information content (AvgIpc) is 2.72. The zero-order valence-corrected chi connectivity index (χ0v) is 10.3. The molecule has 0 unspecified atom stereocenters. The highest BCUT2D eigenvalue weighted by molar-refractivity contribution is 5.47. The van der Waals surface area contributed by atoms with Crippen molar-refractivity contribution in [3.05, 3.63) is 71.3 Å². The Morgan fingerprint density at radius 1 is 1.06 bits per heavy atom. The fourth-order valence-corrected chi connectivity index (χ4v) is 2.94. The molecule has 0 aliphatic heterocycles. The number of benzene rings is 2. The number of halogens is 1. The van der Waals surface area contributed by atoms with Gasteiger partial charge in [0.25, 0.3) is 0 Å². The molecule has 0 radical (unpaired) electrons. The Kier molecular flexibility index (Phi) is 2.67. The molecule has 92 valence electrons. The summed E-state index contributed by atoms with van der Waals surface area (Å²) in [6, 6.07) is 17.5. The molecule has 0 bridgehead atoms. The van der Waals surface area contributed by atoms with E-state index >= 15 is 0 Å². The minimum Gasteiger partial charge on any atom is -0.366 e. The van der Waals surface area contributed by atoms with Crippen LogP contribution in [0.2, 0.25) is 0 Å². The molecule has 1 aliphatic rings. The number of fused-ring (bicyclic) bond motifs is 1. The maximum absolute atomic E-state index is 14.6. The van der Waals surface area contributed by atoms with Crippen LogP contribution in [0.3, 0.4) is 0 Å². The van der Waals surface area contributed by atoms with E-state index in [1.54, 1.807) is 7.11 Å². The van der Waals surface area contributed by atoms with E-state index in [1.165, 1.54) is 0 Å². The van der Waals surface area contributed by atoms with Crippen LogP contribution in [0.1, 0.15) is 16.7 Å². The molecule has 2 aromatic carbocycles. The van der Waals surface area contributed by atoms with Crippen LogP contribution in [0, 0.1) is 0 Å². The zero-order chi connectivity index (χ0) is 12.6. The molecule has 2 heteroatoms. The van der Waals surface area contributed by atoms with Gasteiger partial charge in [-0.2, -0.15) is 0 Å². The lowest BCUT2D eigenvalue weighted by Gasteiger charge is -2.31. The van der Waals surface area contributed by atoms with Crippen LogP contribution < -0.4 is 0 Å². The quantitative estimate of drug-likeness (QED) is 0.783. The van der Waals surface area contributed by atoms with Crippen LogP contribution >= 0.6 is 0 Å². The zero-order valence-electron chi connectivity index (χ0n) is 10.3. The third-order valence-corrected chi connectivity index (χ3v) is 3.78. The summed E-state index contributed by atoms with van der Waals surface area (Å²) in [6.45, 7) is 0. The third kappa shape index (κ3) is 1.42. The molecule has 3 rings (SSSR count). The van der Waals surface area contributed by atoms with Gasteiger partial charge in [0.2, 0.25) is 0 Å². The van der Waals surface area contributed by atoms with Crippen LogP contribution in [0.5, 0.6) is 0 Å². The van der Waals surface area contributed by atoms with Gasteiger partial charge in [-0.15, -0.1) is 0 Å². The highest BCUT2D eigenvalue weighted by Crippen LogP contribution is 2.46. The number of hydrogen-bond donors (Lipinski definition) is 0. The van der Waals surface area contributed by atoms with Crippen LogP contribution in [-0.2, 0) is 16.8 Å². The first-order chi connectivity index (χ1) is 8.79. The van der Waals surface area contributed by atoms with E-state index in [4.69, 9.17) is 4.74 Å². The van der Waals surface area contributed by atoms with E-state index in [2.05, 4.69) is 0 Å². The van der Waals surface area contributed by atoms with Gasteiger partial charge in [0.05, 0.1) is 0 Å². The fourth-order valence-electron chi connectivity index (χ4n) is 2.94. The molecule has 1 nitrogen and oxygen atoms in total. The van der Waals surface area contributed by atoms with E-state index in [1.807, 2.05) is 54.6 Å². The first kappa shape index (κ1) is 11.4. The molecule has 0 aromatic heterocycles. The first-order valence-electron chi connectivity index (χ1n) is 6.12. The number of methoxy groups -OCH3 is 1. The summed E-state index contributed by atoms with van der Waals surface area (Å²) in [5, 5.41) is 0. The van der Waals surface area contributed by atoms with Crippen LogP contribution in [0.25, 0.3) is 0 Å². The second-order valence-corrected chi connectivity index (χ2v) is 4.63. The van der Waals surface area contributed by atoms with Crippen molar-refractivity contribution in [2.45, 2.75) is 18.2 Å². The number of ether oxygens (including phenoxy) is 1. The predicted molar refractivity (Wildman–Crippen MR) is 69.3 cm³/mol. The minimum atomic E-state index is -1.04. The Labute approximate surface area is 106 Å². The topological polar surface area (TPSA) is 9.23 Å². The largest absolute Gasteiger partial charge is 0.366 e. The Hall–Kier alpha value is -1.67. The highest BCUT2D eigenvalue weighted by atomic mass is 19.1. The molecule has 0 fully saturated rings. The van der Waals surface area contributed by atoms with Crippen molar-refractivity contribution in [1.29, 1.82) is 0 Å². The summed E-state index contributed by atoms with van der Waals surface area (Å²) < 4.78 is 20.2. The molecule has 18 heavy (non-hydrogen) atoms. The van der Waals surface area contributed by atoms with Crippen molar-refractivity contribution in [3.8, 4) is 0 Å². The van der Waals surface area contributed by atoms with Crippen molar-refractivity contribution < 1.29 is 9.13 Å². The average molecular weight is 242 g/mol. The Balaban J connectivity index is 2.23. The number of hydrogen-bond acceptors (Lipinski definition) is 1. The smallest absolute Gasteiger partial charge is 0.149 e. The van der Waals surface area contributed by atoms with Gasteiger partial charge in [-0.05, 0) is 16.7 Å². The van der Waals surface area contributed by atoms with E-state index in [-0.39, 0.29) is 0 Å². The van der Waals surface area contributed by atoms with E-state index in [0.29, 0.717) is 6.42 Å². The normalized spacial score (nSPS) is 26.0. The van der Waals surface area contributed by atoms with Gasteiger partial charge in [0, 0.05) is 13.5 Å². The lowest BCUT2D eigenvalue weighted by Crippen LogP contribution is -2.36. The molecule has 0 saturated heterocycles. The number of rotatable bonds is 2. The van der Waals surface area contributed by atoms with E-state index in [9.17, 15) is 4.39 Å². The van der Waals surface area contributed by atoms with Gasteiger partial charge in [0.15, 0.2) is 0 Å². The molecular weight excluding hydrogens is 227 g/mol. The van der Waals surface area contributed by atoms with Gasteiger partial charge in [-0.1, -0.05) is 54.6 Å². The summed E-state index contributed by atoms with van der Waals surface area (Å²) in [4.78, 5) is 0. The van der Waals surface area contributed by atoms with Crippen LogP contribution in [-0.4, -0.2) is 13.3 Å². The molecule has 2 atom stereocenters. The van der Waals surface area contributed by atoms with Crippen molar-refractivity contribution in [3.63, 3.8) is 0 Å². The van der Waals surface area contributed by atoms with E-state index < -0.39 is 11.8 Å². The Morgan fingerprint density at radius 3 is 2.44 bits per heavy atom. The monoisotopic (exact) mass is 242 g/mol. The van der Waals surface area contributed by atoms with Gasteiger partial charge in [0.1, 0.15) is 11.8 Å². The molecule has 0 saturated carbocycles. The van der Waals surface area contributed by atoms with Crippen molar-refractivity contribution in [2.75, 3.05) is 7.11 Å². The molecule has 0 amide bonds. The molecule has 1 aliphatic carbocycles. The standard InChI is InChI=1S/C16H15FO/c1-18-16(13-8-3-2-4-9-13)14-10-6-5-7-12(14)11-15(16)17/h2-10,15H,11H2,1H3/t15-,16+/m0/s1. The molecular formula is C16H15FO. The van der Waals surface area contributed by atoms with Crippen LogP contribution in [0.4, 0.5) is 4.39 Å². The van der Waals surface area contributed by atoms with Crippen LogP contribution in [0.15, 0.2) is 54.6 Å². The third-order valence-electron chi connectivity index (χ3n) is 3.78. The van der Waals surface area contributed by atoms with E-state index in [0.717, 1.165) is 16.7 Å². The summed E-state index contributed by atoms with van der Waals surface area (Å²) in [5.41, 5.74) is 1.92. The highest BCUT2D eigenvalue weighted by Gasteiger charge is 2.49. The maximum Gasteiger partial charge on any atom is 0.149 e. The minimum absolute atomic E-state index is 0.416. The second kappa shape index (κ2) is 4.21. The summed E-state index contributed by atoms with van der Waals surface area (Å²) in [5.74, 6) is 0. The van der Waals surface area contributed by atoms with Gasteiger partial charge < -0.3 is 4.74 Å². The molecule has 0 heterocycles. The predicted octanol–water partition coefficient (Wildman–Crippen LogP) is 3.47. The van der Waals surface area contributed by atoms with Gasteiger partial charge in [-0.25, -0.2) is 4.39 Å². The number of alkyl halides is 1. The lowest BCUT2D eigenvalue weighted by atomic mass is 9.86. The van der Waals surface area contributed by atoms with Crippen molar-refractivity contribution >= 4 is 0 Å². The molecule has 2 aromatic rings. The fraction of sp³-hybridized carbons (Fsp3) is 0.250. The summed E-state index contributed by atoms with van der Waals surface area (Å²) in [7, 11) is 1.58. The SMILES string of the molecule is CO[C@]1(c2ccccc2)c2ccccc2C[C@@H]1F.